The molecule has 11 heteroatoms. The van der Waals surface area contributed by atoms with Crippen LogP contribution in [0.25, 0.3) is 0 Å². The van der Waals surface area contributed by atoms with Crippen molar-refractivity contribution in [3.8, 4) is 0 Å². The first-order chi connectivity index (χ1) is 18.0. The molecule has 38 heavy (non-hydrogen) atoms. The zero-order chi connectivity index (χ0) is 27.9. The molecule has 3 aromatic rings. The van der Waals surface area contributed by atoms with Crippen LogP contribution in [0, 0.1) is 0 Å². The highest BCUT2D eigenvalue weighted by Gasteiger charge is 2.33. The molecule has 0 radical (unpaired) electrons. The molecule has 202 valence electrons. The summed E-state index contributed by atoms with van der Waals surface area (Å²) in [5.74, 6) is -0.929. The van der Waals surface area contributed by atoms with Crippen molar-refractivity contribution >= 4 is 56.6 Å². The van der Waals surface area contributed by atoms with Crippen molar-refractivity contribution in [2.24, 2.45) is 0 Å². The van der Waals surface area contributed by atoms with Crippen molar-refractivity contribution in [1.29, 1.82) is 0 Å². The van der Waals surface area contributed by atoms with E-state index in [2.05, 4.69) is 5.32 Å². The van der Waals surface area contributed by atoms with Crippen molar-refractivity contribution in [2.75, 3.05) is 20.1 Å². The molecule has 7 nitrogen and oxygen atoms in total. The summed E-state index contributed by atoms with van der Waals surface area (Å²) in [6, 6.07) is 18.9. The van der Waals surface area contributed by atoms with E-state index in [1.807, 2.05) is 30.3 Å². The highest BCUT2D eigenvalue weighted by atomic mass is 35.5. The van der Waals surface area contributed by atoms with Crippen LogP contribution in [0.2, 0.25) is 15.1 Å². The largest absolute Gasteiger partial charge is 0.355 e. The minimum absolute atomic E-state index is 0.00550. The molecule has 3 rings (SSSR count). The highest BCUT2D eigenvalue weighted by molar-refractivity contribution is 7.89. The molecule has 0 spiro atoms. The summed E-state index contributed by atoms with van der Waals surface area (Å²) in [5.41, 5.74) is 1.40. The second kappa shape index (κ2) is 13.4. The van der Waals surface area contributed by atoms with Crippen LogP contribution in [0.4, 0.5) is 0 Å². The summed E-state index contributed by atoms with van der Waals surface area (Å²) in [6.45, 7) is 1.62. The maximum absolute atomic E-state index is 13.8. The molecule has 1 N–H and O–H groups in total. The first-order valence-electron chi connectivity index (χ1n) is 11.8. The fraction of sp³-hybridized carbons (Fsp3) is 0.259. The Morgan fingerprint density at radius 2 is 1.55 bits per heavy atom. The maximum atomic E-state index is 13.8. The molecule has 0 aliphatic carbocycles. The van der Waals surface area contributed by atoms with Gasteiger partial charge in [-0.2, -0.15) is 4.31 Å². The predicted octanol–water partition coefficient (Wildman–Crippen LogP) is 5.04. The van der Waals surface area contributed by atoms with Gasteiger partial charge >= 0.3 is 0 Å². The van der Waals surface area contributed by atoms with Crippen molar-refractivity contribution in [2.45, 2.75) is 30.8 Å². The van der Waals surface area contributed by atoms with Crippen LogP contribution < -0.4 is 5.32 Å². The number of hydrogen-bond acceptors (Lipinski definition) is 4. The van der Waals surface area contributed by atoms with Crippen LogP contribution >= 0.6 is 34.8 Å². The summed E-state index contributed by atoms with van der Waals surface area (Å²) in [5, 5.41) is 3.93. The minimum Gasteiger partial charge on any atom is -0.355 e. The van der Waals surface area contributed by atoms with E-state index in [1.165, 1.54) is 36.2 Å². The topological polar surface area (TPSA) is 86.8 Å². The maximum Gasteiger partial charge on any atom is 0.243 e. The van der Waals surface area contributed by atoms with Gasteiger partial charge in [0, 0.05) is 41.6 Å². The van der Waals surface area contributed by atoms with Crippen molar-refractivity contribution in [3.63, 3.8) is 0 Å². The SMILES string of the molecule is CCNC(=O)[C@H](Cc1ccccc1)N(Cc1ccc(Cl)cc1Cl)C(=O)CN(C)S(=O)(=O)c1ccc(Cl)cc1. The van der Waals surface area contributed by atoms with E-state index >= 15 is 0 Å². The molecule has 3 aromatic carbocycles. The molecular formula is C27H28Cl3N3O4S. The number of carbonyl (C=O) groups excluding carboxylic acids is 2. The molecule has 0 bridgehead atoms. The zero-order valence-electron chi connectivity index (χ0n) is 20.9. The number of sulfonamides is 1. The average molecular weight is 597 g/mol. The highest BCUT2D eigenvalue weighted by Crippen LogP contribution is 2.25. The van der Waals surface area contributed by atoms with Gasteiger partial charge in [0.15, 0.2) is 0 Å². The van der Waals surface area contributed by atoms with Gasteiger partial charge in [-0.3, -0.25) is 9.59 Å². The Morgan fingerprint density at radius 3 is 2.16 bits per heavy atom. The molecular weight excluding hydrogens is 569 g/mol. The molecule has 0 saturated heterocycles. The fourth-order valence-electron chi connectivity index (χ4n) is 3.83. The zero-order valence-corrected chi connectivity index (χ0v) is 24.0. The van der Waals surface area contributed by atoms with Crippen molar-refractivity contribution < 1.29 is 18.0 Å². The lowest BCUT2D eigenvalue weighted by Crippen LogP contribution is -2.53. The summed E-state index contributed by atoms with van der Waals surface area (Å²) in [6.07, 6.45) is 0.220. The Kier molecular flexibility index (Phi) is 10.6. The summed E-state index contributed by atoms with van der Waals surface area (Å²) in [7, 11) is -2.69. The molecule has 1 atom stereocenters. The number of rotatable bonds is 11. The van der Waals surface area contributed by atoms with Crippen LogP contribution in [0.1, 0.15) is 18.1 Å². The van der Waals surface area contributed by atoms with Crippen molar-refractivity contribution in [1.82, 2.24) is 14.5 Å². The number of amides is 2. The van der Waals surface area contributed by atoms with Gasteiger partial charge in [0.2, 0.25) is 21.8 Å². The van der Waals surface area contributed by atoms with Gasteiger partial charge in [-0.05, 0) is 54.4 Å². The first-order valence-corrected chi connectivity index (χ1v) is 14.4. The molecule has 2 amide bonds. The normalized spacial score (nSPS) is 12.3. The molecule has 0 unspecified atom stereocenters. The average Bonchev–Trinajstić information content (AvgIpc) is 2.88. The third kappa shape index (κ3) is 7.71. The molecule has 0 aromatic heterocycles. The number of nitrogens with zero attached hydrogens (tertiary/aromatic N) is 2. The van der Waals surface area contributed by atoms with Gasteiger partial charge in [0.25, 0.3) is 0 Å². The predicted molar refractivity (Wildman–Crippen MR) is 151 cm³/mol. The van der Waals surface area contributed by atoms with Crippen LogP contribution in [0.5, 0.6) is 0 Å². The van der Waals surface area contributed by atoms with E-state index in [-0.39, 0.29) is 23.8 Å². The quantitative estimate of drug-likeness (QED) is 0.336. The van der Waals surface area contributed by atoms with Crippen LogP contribution in [0.15, 0.2) is 77.7 Å². The number of hydrogen-bond donors (Lipinski definition) is 1. The molecule has 0 fully saturated rings. The Hall–Kier alpha value is -2.62. The monoisotopic (exact) mass is 595 g/mol. The minimum atomic E-state index is -4.00. The van der Waals surface area contributed by atoms with Crippen LogP contribution in [-0.2, 0) is 32.6 Å². The molecule has 0 heterocycles. The van der Waals surface area contributed by atoms with Crippen LogP contribution in [0.3, 0.4) is 0 Å². The number of halogens is 3. The number of carbonyl (C=O) groups is 2. The van der Waals surface area contributed by atoms with Gasteiger partial charge < -0.3 is 10.2 Å². The fourth-order valence-corrected chi connectivity index (χ4v) is 5.55. The Bertz CT molecular complexity index is 1370. The molecule has 0 aliphatic heterocycles. The second-order valence-corrected chi connectivity index (χ2v) is 11.9. The van der Waals surface area contributed by atoms with Crippen LogP contribution in [-0.4, -0.2) is 55.6 Å². The third-order valence-electron chi connectivity index (χ3n) is 5.86. The number of benzene rings is 3. The van der Waals surface area contributed by atoms with E-state index < -0.39 is 28.5 Å². The summed E-state index contributed by atoms with van der Waals surface area (Å²) in [4.78, 5) is 28.4. The number of likely N-dealkylation sites (N-methyl/N-ethyl adjacent to an activating group) is 2. The van der Waals surface area contributed by atoms with Gasteiger partial charge in [-0.25, -0.2) is 8.42 Å². The van der Waals surface area contributed by atoms with Gasteiger partial charge in [-0.1, -0.05) is 71.2 Å². The Morgan fingerprint density at radius 1 is 0.921 bits per heavy atom. The van der Waals surface area contributed by atoms with E-state index in [1.54, 1.807) is 25.1 Å². The summed E-state index contributed by atoms with van der Waals surface area (Å²) >= 11 is 18.4. The van der Waals surface area contributed by atoms with E-state index in [0.717, 1.165) is 9.87 Å². The van der Waals surface area contributed by atoms with Crippen molar-refractivity contribution in [3.05, 3.63) is 99.0 Å². The number of nitrogens with one attached hydrogen (secondary N) is 1. The van der Waals surface area contributed by atoms with Gasteiger partial charge in [0.1, 0.15) is 6.04 Å². The summed E-state index contributed by atoms with van der Waals surface area (Å²) < 4.78 is 27.2. The van der Waals surface area contributed by atoms with Gasteiger partial charge in [-0.15, -0.1) is 0 Å². The lowest BCUT2D eigenvalue weighted by atomic mass is 10.0. The third-order valence-corrected chi connectivity index (χ3v) is 8.51. The van der Waals surface area contributed by atoms with E-state index in [0.29, 0.717) is 27.2 Å². The lowest BCUT2D eigenvalue weighted by molar-refractivity contribution is -0.141. The van der Waals surface area contributed by atoms with Gasteiger partial charge in [0.05, 0.1) is 11.4 Å². The Labute approximate surface area is 238 Å². The Balaban J connectivity index is 1.98. The molecule has 0 aliphatic rings. The standard InChI is InChI=1S/C27H28Cl3N3O4S/c1-3-31-27(35)25(15-19-7-5-4-6-8-19)33(17-20-9-10-22(29)16-24(20)30)26(34)18-32(2)38(36,37)23-13-11-21(28)12-14-23/h4-14,16,25H,3,15,17-18H2,1-2H3,(H,31,35)/t25-/m0/s1. The molecule has 0 saturated carbocycles. The lowest BCUT2D eigenvalue weighted by Gasteiger charge is -2.33. The second-order valence-electron chi connectivity index (χ2n) is 8.57. The first kappa shape index (κ1) is 29.9. The van der Waals surface area contributed by atoms with E-state index in [4.69, 9.17) is 34.8 Å². The smallest absolute Gasteiger partial charge is 0.243 e. The van der Waals surface area contributed by atoms with E-state index in [9.17, 15) is 18.0 Å².